The fraction of sp³-hybridized carbons (Fsp3) is 0.154. The van der Waals surface area contributed by atoms with Crippen molar-refractivity contribution in [3.63, 3.8) is 0 Å². The van der Waals surface area contributed by atoms with E-state index in [9.17, 15) is 5.11 Å². The number of nitriles is 1. The molecule has 0 radical (unpaired) electrons. The second-order valence-electron chi connectivity index (χ2n) is 3.95. The van der Waals surface area contributed by atoms with E-state index in [4.69, 9.17) is 14.4 Å². The van der Waals surface area contributed by atoms with Crippen LogP contribution in [0.3, 0.4) is 0 Å². The number of oxazole rings is 1. The molecule has 8 heteroatoms. The lowest BCUT2D eigenvalue weighted by molar-refractivity contribution is 0.372. The van der Waals surface area contributed by atoms with Gasteiger partial charge in [-0.3, -0.25) is 0 Å². The maximum Gasteiger partial charge on any atom is 0.252 e. The van der Waals surface area contributed by atoms with Crippen LogP contribution in [0.5, 0.6) is 11.5 Å². The highest BCUT2D eigenvalue weighted by Crippen LogP contribution is 2.34. The van der Waals surface area contributed by atoms with Gasteiger partial charge in [-0.05, 0) is 33.6 Å². The van der Waals surface area contributed by atoms with Crippen molar-refractivity contribution in [2.24, 2.45) is 5.10 Å². The van der Waals surface area contributed by atoms with Gasteiger partial charge in [0.15, 0.2) is 17.4 Å². The number of methoxy groups -OCH3 is 1. The van der Waals surface area contributed by atoms with Crippen LogP contribution in [0.1, 0.15) is 17.1 Å². The molecule has 0 saturated heterocycles. The molecule has 0 saturated carbocycles. The first-order valence-electron chi connectivity index (χ1n) is 5.78. The van der Waals surface area contributed by atoms with Gasteiger partial charge in [-0.25, -0.2) is 10.4 Å². The molecule has 2 N–H and O–H groups in total. The Morgan fingerprint density at radius 1 is 1.57 bits per heavy atom. The third-order valence-electron chi connectivity index (χ3n) is 2.49. The van der Waals surface area contributed by atoms with E-state index in [0.29, 0.717) is 21.7 Å². The highest BCUT2D eigenvalue weighted by Gasteiger charge is 2.10. The lowest BCUT2D eigenvalue weighted by Gasteiger charge is -2.06. The molecule has 0 unspecified atom stereocenters. The molecule has 7 nitrogen and oxygen atoms in total. The van der Waals surface area contributed by atoms with Crippen LogP contribution in [0.2, 0.25) is 0 Å². The van der Waals surface area contributed by atoms with E-state index >= 15 is 0 Å². The van der Waals surface area contributed by atoms with Gasteiger partial charge in [-0.2, -0.15) is 10.4 Å². The molecule has 1 heterocycles. The van der Waals surface area contributed by atoms with Crippen molar-refractivity contribution in [3.8, 4) is 17.6 Å². The van der Waals surface area contributed by atoms with Crippen LogP contribution >= 0.6 is 15.9 Å². The van der Waals surface area contributed by atoms with Crippen LogP contribution < -0.4 is 10.2 Å². The van der Waals surface area contributed by atoms with E-state index in [1.807, 2.05) is 6.07 Å². The fourth-order valence-corrected chi connectivity index (χ4v) is 2.03. The van der Waals surface area contributed by atoms with Crippen LogP contribution in [-0.2, 0) is 0 Å². The van der Waals surface area contributed by atoms with E-state index < -0.39 is 0 Å². The second kappa shape index (κ2) is 6.28. The normalized spacial score (nSPS) is 10.6. The number of benzene rings is 1. The number of aryl methyl sites for hydroxylation is 1. The predicted octanol–water partition coefficient (Wildman–Crippen LogP) is 2.78. The second-order valence-corrected chi connectivity index (χ2v) is 4.80. The van der Waals surface area contributed by atoms with Crippen molar-refractivity contribution >= 4 is 28.0 Å². The number of hydrogen-bond donors (Lipinski definition) is 2. The Balaban J connectivity index is 2.18. The molecule has 0 atom stereocenters. The van der Waals surface area contributed by atoms with E-state index in [-0.39, 0.29) is 17.3 Å². The SMILES string of the molecule is COc1cc(/C=N/Nc2oc(C)nc2C#N)cc(Br)c1O. The smallest absolute Gasteiger partial charge is 0.252 e. The first kappa shape index (κ1) is 14.9. The number of halogens is 1. The number of phenols is 1. The fourth-order valence-electron chi connectivity index (χ4n) is 1.57. The molecule has 21 heavy (non-hydrogen) atoms. The largest absolute Gasteiger partial charge is 0.503 e. The van der Waals surface area contributed by atoms with Crippen LogP contribution in [0.4, 0.5) is 5.88 Å². The molecule has 2 rings (SSSR count). The number of rotatable bonds is 4. The van der Waals surface area contributed by atoms with Gasteiger partial charge in [-0.1, -0.05) is 0 Å². The Labute approximate surface area is 129 Å². The molecule has 0 aliphatic heterocycles. The molecule has 0 aliphatic carbocycles. The molecule has 0 aliphatic rings. The lowest BCUT2D eigenvalue weighted by Crippen LogP contribution is -1.93. The van der Waals surface area contributed by atoms with Gasteiger partial charge in [0.2, 0.25) is 5.69 Å². The highest BCUT2D eigenvalue weighted by molar-refractivity contribution is 9.10. The molecule has 0 spiro atoms. The zero-order valence-corrected chi connectivity index (χ0v) is 12.8. The molecular weight excluding hydrogens is 340 g/mol. The van der Waals surface area contributed by atoms with Gasteiger partial charge in [0.1, 0.15) is 6.07 Å². The number of ether oxygens (including phenoxy) is 1. The van der Waals surface area contributed by atoms with E-state index in [0.717, 1.165) is 0 Å². The number of anilines is 1. The lowest BCUT2D eigenvalue weighted by atomic mass is 10.2. The predicted molar refractivity (Wildman–Crippen MR) is 79.5 cm³/mol. The summed E-state index contributed by atoms with van der Waals surface area (Å²) in [7, 11) is 1.46. The first-order chi connectivity index (χ1) is 10.0. The van der Waals surface area contributed by atoms with Crippen molar-refractivity contribution in [3.05, 3.63) is 33.8 Å². The molecule has 1 aromatic heterocycles. The Morgan fingerprint density at radius 3 is 3.00 bits per heavy atom. The van der Waals surface area contributed by atoms with Crippen molar-refractivity contribution in [2.75, 3.05) is 12.5 Å². The third-order valence-corrected chi connectivity index (χ3v) is 3.09. The molecule has 1 aromatic carbocycles. The minimum atomic E-state index is 0.0141. The monoisotopic (exact) mass is 350 g/mol. The topological polar surface area (TPSA) is 104 Å². The van der Waals surface area contributed by atoms with Crippen molar-refractivity contribution in [1.82, 2.24) is 4.98 Å². The summed E-state index contributed by atoms with van der Waals surface area (Å²) in [6.45, 7) is 1.64. The van der Waals surface area contributed by atoms with Gasteiger partial charge in [-0.15, -0.1) is 0 Å². The maximum atomic E-state index is 9.71. The summed E-state index contributed by atoms with van der Waals surface area (Å²) < 4.78 is 10.7. The number of phenolic OH excluding ortho intramolecular Hbond substituents is 1. The zero-order valence-electron chi connectivity index (χ0n) is 11.2. The van der Waals surface area contributed by atoms with Crippen molar-refractivity contribution in [1.29, 1.82) is 5.26 Å². The van der Waals surface area contributed by atoms with E-state index in [1.54, 1.807) is 19.1 Å². The summed E-state index contributed by atoms with van der Waals surface area (Å²) in [5.41, 5.74) is 3.42. The summed E-state index contributed by atoms with van der Waals surface area (Å²) in [6.07, 6.45) is 1.49. The summed E-state index contributed by atoms with van der Waals surface area (Å²) in [5, 5.41) is 22.5. The third kappa shape index (κ3) is 3.32. The summed E-state index contributed by atoms with van der Waals surface area (Å²) >= 11 is 3.22. The number of nitrogens with one attached hydrogen (secondary N) is 1. The van der Waals surface area contributed by atoms with Crippen molar-refractivity contribution in [2.45, 2.75) is 6.92 Å². The zero-order chi connectivity index (χ0) is 15.4. The van der Waals surface area contributed by atoms with Gasteiger partial charge in [0, 0.05) is 6.92 Å². The Bertz CT molecular complexity index is 734. The summed E-state index contributed by atoms with van der Waals surface area (Å²) in [5.74, 6) is 0.883. The number of aromatic hydroxyl groups is 1. The quantitative estimate of drug-likeness (QED) is 0.648. The Hall–Kier alpha value is -2.53. The average Bonchev–Trinajstić information content (AvgIpc) is 2.82. The van der Waals surface area contributed by atoms with E-state index in [2.05, 4.69) is 31.4 Å². The Kier molecular flexibility index (Phi) is 4.45. The molecular formula is C13H11BrN4O3. The minimum Gasteiger partial charge on any atom is -0.503 e. The number of aromatic nitrogens is 1. The molecule has 108 valence electrons. The maximum absolute atomic E-state index is 9.71. The van der Waals surface area contributed by atoms with Gasteiger partial charge >= 0.3 is 0 Å². The number of nitrogens with zero attached hydrogens (tertiary/aromatic N) is 3. The number of hydrazone groups is 1. The van der Waals surface area contributed by atoms with Gasteiger partial charge in [0.25, 0.3) is 5.88 Å². The van der Waals surface area contributed by atoms with Gasteiger partial charge < -0.3 is 14.3 Å². The summed E-state index contributed by atoms with van der Waals surface area (Å²) in [6, 6.07) is 5.18. The standard InChI is InChI=1S/C13H11BrN4O3/c1-7-17-10(5-15)13(21-7)18-16-6-8-3-9(14)12(19)11(4-8)20-2/h3-4,6,18-19H,1-2H3/b16-6+. The molecule has 2 aromatic rings. The molecule has 0 fully saturated rings. The minimum absolute atomic E-state index is 0.0141. The highest BCUT2D eigenvalue weighted by atomic mass is 79.9. The van der Waals surface area contributed by atoms with Crippen molar-refractivity contribution < 1.29 is 14.3 Å². The van der Waals surface area contributed by atoms with E-state index in [1.165, 1.54) is 13.3 Å². The average molecular weight is 351 g/mol. The van der Waals surface area contributed by atoms with Crippen LogP contribution in [0.15, 0.2) is 26.1 Å². The van der Waals surface area contributed by atoms with Crippen LogP contribution in [0.25, 0.3) is 0 Å². The molecule has 0 amide bonds. The van der Waals surface area contributed by atoms with Gasteiger partial charge in [0.05, 0.1) is 17.8 Å². The number of hydrogen-bond acceptors (Lipinski definition) is 7. The van der Waals surface area contributed by atoms with Crippen LogP contribution in [0, 0.1) is 18.3 Å². The molecule has 0 bridgehead atoms. The Morgan fingerprint density at radius 2 is 2.33 bits per heavy atom. The first-order valence-corrected chi connectivity index (χ1v) is 6.57. The summed E-state index contributed by atoms with van der Waals surface area (Å²) in [4.78, 5) is 3.88. The van der Waals surface area contributed by atoms with Crippen LogP contribution in [-0.4, -0.2) is 23.4 Å².